The third kappa shape index (κ3) is 5.07. The van der Waals surface area contributed by atoms with Crippen LogP contribution >= 0.6 is 0 Å². The molecule has 1 saturated carbocycles. The van der Waals surface area contributed by atoms with Crippen molar-refractivity contribution in [1.29, 1.82) is 0 Å². The predicted molar refractivity (Wildman–Crippen MR) is 118 cm³/mol. The summed E-state index contributed by atoms with van der Waals surface area (Å²) in [5.41, 5.74) is 3.29. The predicted octanol–water partition coefficient (Wildman–Crippen LogP) is 6.58. The van der Waals surface area contributed by atoms with Gasteiger partial charge in [0.25, 0.3) is 0 Å². The first-order valence-corrected chi connectivity index (χ1v) is 10.8. The Morgan fingerprint density at radius 2 is 1.77 bits per heavy atom. The summed E-state index contributed by atoms with van der Waals surface area (Å²) in [6.07, 6.45) is 10.6. The zero-order valence-corrected chi connectivity index (χ0v) is 18.0. The standard InChI is InChI=1S/C25H30FN3O/c1-25(2,3)14-19-16-28-24(29-19)21-11-9-17(13-22(21)26)18-10-12-23(27-15-18)30-20-7-5-4-6-8-20/h9-13,15-16,20H,4-8,14H2,1-3H3,(H,28,29). The zero-order valence-electron chi connectivity index (χ0n) is 18.0. The quantitative estimate of drug-likeness (QED) is 0.520. The van der Waals surface area contributed by atoms with Crippen LogP contribution in [0.5, 0.6) is 5.88 Å². The number of nitrogens with zero attached hydrogens (tertiary/aromatic N) is 2. The van der Waals surface area contributed by atoms with E-state index in [1.807, 2.05) is 18.2 Å². The molecule has 4 nitrogen and oxygen atoms in total. The highest BCUT2D eigenvalue weighted by Crippen LogP contribution is 2.29. The number of halogens is 1. The molecule has 1 aliphatic carbocycles. The van der Waals surface area contributed by atoms with Crippen molar-refractivity contribution >= 4 is 0 Å². The molecule has 158 valence electrons. The lowest BCUT2D eigenvalue weighted by Crippen LogP contribution is -2.20. The molecule has 4 rings (SSSR count). The molecule has 1 aromatic carbocycles. The van der Waals surface area contributed by atoms with Gasteiger partial charge in [-0.25, -0.2) is 14.4 Å². The fourth-order valence-corrected chi connectivity index (χ4v) is 4.02. The first kappa shape index (κ1) is 20.6. The van der Waals surface area contributed by atoms with Gasteiger partial charge >= 0.3 is 0 Å². The van der Waals surface area contributed by atoms with Crippen molar-refractivity contribution in [2.45, 2.75) is 65.4 Å². The van der Waals surface area contributed by atoms with Crippen LogP contribution in [0.3, 0.4) is 0 Å². The fraction of sp³-hybridized carbons (Fsp3) is 0.440. The molecule has 0 aliphatic heterocycles. The van der Waals surface area contributed by atoms with Gasteiger partial charge in [0.1, 0.15) is 17.7 Å². The van der Waals surface area contributed by atoms with E-state index in [1.54, 1.807) is 24.5 Å². The monoisotopic (exact) mass is 407 g/mol. The fourth-order valence-electron chi connectivity index (χ4n) is 4.02. The molecular weight excluding hydrogens is 377 g/mol. The Labute approximate surface area is 177 Å². The van der Waals surface area contributed by atoms with Crippen LogP contribution in [0.1, 0.15) is 58.6 Å². The molecule has 5 heteroatoms. The van der Waals surface area contributed by atoms with E-state index < -0.39 is 0 Å². The topological polar surface area (TPSA) is 50.8 Å². The Hall–Kier alpha value is -2.69. The molecule has 2 aromatic heterocycles. The highest BCUT2D eigenvalue weighted by atomic mass is 19.1. The first-order valence-electron chi connectivity index (χ1n) is 10.8. The van der Waals surface area contributed by atoms with Gasteiger partial charge in [-0.1, -0.05) is 33.3 Å². The average molecular weight is 408 g/mol. The van der Waals surface area contributed by atoms with Crippen LogP contribution in [-0.2, 0) is 6.42 Å². The lowest BCUT2D eigenvalue weighted by Gasteiger charge is -2.22. The maximum Gasteiger partial charge on any atom is 0.213 e. The molecule has 30 heavy (non-hydrogen) atoms. The number of aromatic amines is 1. The summed E-state index contributed by atoms with van der Waals surface area (Å²) in [7, 11) is 0. The Kier molecular flexibility index (Phi) is 5.89. The molecule has 0 amide bonds. The van der Waals surface area contributed by atoms with Crippen LogP contribution in [0.25, 0.3) is 22.5 Å². The number of nitrogens with one attached hydrogen (secondary N) is 1. The van der Waals surface area contributed by atoms with Crippen LogP contribution in [0.15, 0.2) is 42.7 Å². The second kappa shape index (κ2) is 8.58. The maximum absolute atomic E-state index is 14.9. The minimum atomic E-state index is -0.299. The summed E-state index contributed by atoms with van der Waals surface area (Å²) in [5.74, 6) is 0.907. The third-order valence-electron chi connectivity index (χ3n) is 5.48. The summed E-state index contributed by atoms with van der Waals surface area (Å²) in [6, 6.07) is 9.04. The first-order chi connectivity index (χ1) is 14.4. The Morgan fingerprint density at radius 3 is 2.43 bits per heavy atom. The molecule has 0 atom stereocenters. The van der Waals surface area contributed by atoms with E-state index in [1.165, 1.54) is 19.3 Å². The van der Waals surface area contributed by atoms with E-state index in [-0.39, 0.29) is 17.3 Å². The zero-order chi connectivity index (χ0) is 21.1. The van der Waals surface area contributed by atoms with E-state index in [4.69, 9.17) is 4.74 Å². The molecule has 1 aliphatic rings. The minimum Gasteiger partial charge on any atom is -0.474 e. The number of H-pyrrole nitrogens is 1. The molecule has 0 radical (unpaired) electrons. The van der Waals surface area contributed by atoms with Crippen LogP contribution in [0.4, 0.5) is 4.39 Å². The molecule has 0 spiro atoms. The highest BCUT2D eigenvalue weighted by Gasteiger charge is 2.17. The van der Waals surface area contributed by atoms with Crippen LogP contribution in [-0.4, -0.2) is 21.1 Å². The molecule has 1 fully saturated rings. The van der Waals surface area contributed by atoms with Crippen molar-refractivity contribution < 1.29 is 9.13 Å². The minimum absolute atomic E-state index is 0.145. The second-order valence-electron chi connectivity index (χ2n) is 9.45. The smallest absolute Gasteiger partial charge is 0.213 e. The lowest BCUT2D eigenvalue weighted by molar-refractivity contribution is 0.148. The lowest BCUT2D eigenvalue weighted by atomic mass is 9.91. The average Bonchev–Trinajstić information content (AvgIpc) is 3.15. The van der Waals surface area contributed by atoms with E-state index >= 15 is 0 Å². The second-order valence-corrected chi connectivity index (χ2v) is 9.45. The van der Waals surface area contributed by atoms with Gasteiger partial charge in [-0.2, -0.15) is 0 Å². The summed E-state index contributed by atoms with van der Waals surface area (Å²) >= 11 is 0. The number of aromatic nitrogens is 3. The Bertz CT molecular complexity index is 982. The molecule has 3 aromatic rings. The largest absolute Gasteiger partial charge is 0.474 e. The van der Waals surface area contributed by atoms with Gasteiger partial charge in [0.15, 0.2) is 0 Å². The van der Waals surface area contributed by atoms with Gasteiger partial charge in [-0.3, -0.25) is 0 Å². The molecule has 0 bridgehead atoms. The summed E-state index contributed by atoms with van der Waals surface area (Å²) in [6.45, 7) is 6.51. The Balaban J connectivity index is 1.47. The van der Waals surface area contributed by atoms with Gasteiger partial charge in [0.05, 0.1) is 5.56 Å². The summed E-state index contributed by atoms with van der Waals surface area (Å²) in [5, 5.41) is 0. The molecule has 1 N–H and O–H groups in total. The normalized spacial score (nSPS) is 15.3. The number of rotatable bonds is 5. The maximum atomic E-state index is 14.9. The third-order valence-corrected chi connectivity index (χ3v) is 5.48. The van der Waals surface area contributed by atoms with Gasteiger partial charge < -0.3 is 9.72 Å². The van der Waals surface area contributed by atoms with Crippen molar-refractivity contribution in [2.24, 2.45) is 5.41 Å². The number of imidazole rings is 1. The summed E-state index contributed by atoms with van der Waals surface area (Å²) in [4.78, 5) is 12.1. The van der Waals surface area contributed by atoms with Crippen molar-refractivity contribution in [3.8, 4) is 28.4 Å². The van der Waals surface area contributed by atoms with Gasteiger partial charge in [-0.05, 0) is 61.3 Å². The van der Waals surface area contributed by atoms with Crippen molar-refractivity contribution in [2.75, 3.05) is 0 Å². The number of pyridine rings is 1. The number of hydrogen-bond donors (Lipinski definition) is 1. The number of ether oxygens (including phenoxy) is 1. The van der Waals surface area contributed by atoms with Crippen molar-refractivity contribution in [3.05, 3.63) is 54.2 Å². The van der Waals surface area contributed by atoms with E-state index in [0.29, 0.717) is 17.3 Å². The molecule has 0 unspecified atom stereocenters. The van der Waals surface area contributed by atoms with Crippen LogP contribution in [0.2, 0.25) is 0 Å². The number of benzene rings is 1. The van der Waals surface area contributed by atoms with E-state index in [0.717, 1.165) is 36.1 Å². The van der Waals surface area contributed by atoms with Gasteiger partial charge in [-0.15, -0.1) is 0 Å². The Morgan fingerprint density at radius 1 is 1.00 bits per heavy atom. The molecule has 2 heterocycles. The molecular formula is C25H30FN3O. The molecule has 0 saturated heterocycles. The van der Waals surface area contributed by atoms with Crippen LogP contribution < -0.4 is 4.74 Å². The van der Waals surface area contributed by atoms with E-state index in [2.05, 4.69) is 35.7 Å². The summed E-state index contributed by atoms with van der Waals surface area (Å²) < 4.78 is 20.8. The van der Waals surface area contributed by atoms with Gasteiger partial charge in [0.2, 0.25) is 5.88 Å². The SMILES string of the molecule is CC(C)(C)Cc1cnc(-c2ccc(-c3ccc(OC4CCCCC4)nc3)cc2F)[nH]1. The van der Waals surface area contributed by atoms with Crippen LogP contribution in [0, 0.1) is 11.2 Å². The van der Waals surface area contributed by atoms with Crippen molar-refractivity contribution in [1.82, 2.24) is 15.0 Å². The highest BCUT2D eigenvalue weighted by molar-refractivity contribution is 5.68. The number of hydrogen-bond acceptors (Lipinski definition) is 3. The van der Waals surface area contributed by atoms with E-state index in [9.17, 15) is 4.39 Å². The van der Waals surface area contributed by atoms with Crippen molar-refractivity contribution in [3.63, 3.8) is 0 Å². The van der Waals surface area contributed by atoms with Gasteiger partial charge in [0, 0.05) is 29.7 Å².